The number of aliphatic hydroxyl groups is 1. The number of aromatic nitrogens is 1. The minimum absolute atomic E-state index is 0. The summed E-state index contributed by atoms with van der Waals surface area (Å²) in [7, 11) is 0. The molecule has 1 aliphatic rings. The predicted molar refractivity (Wildman–Crippen MR) is 130 cm³/mol. The molecule has 0 saturated heterocycles. The van der Waals surface area contributed by atoms with Gasteiger partial charge in [-0.05, 0) is 60.2 Å². The second-order valence-corrected chi connectivity index (χ2v) is 8.60. The number of ether oxygens (including phenoxy) is 1. The number of fused-ring (bicyclic) bond motifs is 1. The zero-order valence-corrected chi connectivity index (χ0v) is 19.8. The molecule has 174 valence electrons. The molecule has 0 unspecified atom stereocenters. The van der Waals surface area contributed by atoms with Crippen LogP contribution in [-0.4, -0.2) is 33.8 Å². The summed E-state index contributed by atoms with van der Waals surface area (Å²) in [5.74, 6) is -0.391. The van der Waals surface area contributed by atoms with E-state index in [1.807, 2.05) is 30.3 Å². The maximum Gasteiger partial charge on any atom is 0.337 e. The number of aliphatic hydroxyl groups excluding tert-OH is 1. The van der Waals surface area contributed by atoms with E-state index in [2.05, 4.69) is 10.3 Å². The van der Waals surface area contributed by atoms with Crippen LogP contribution in [0.1, 0.15) is 39.6 Å². The van der Waals surface area contributed by atoms with Gasteiger partial charge in [0.05, 0.1) is 22.9 Å². The summed E-state index contributed by atoms with van der Waals surface area (Å²) in [6, 6.07) is 14.6. The molecular weight excluding hydrogens is 487 g/mol. The van der Waals surface area contributed by atoms with Crippen LogP contribution in [0.5, 0.6) is 11.6 Å². The van der Waals surface area contributed by atoms with Crippen molar-refractivity contribution >= 4 is 41.6 Å². The Kier molecular flexibility index (Phi) is 8.57. The first-order valence-corrected chi connectivity index (χ1v) is 11.0. The second kappa shape index (κ2) is 11.2. The molecule has 2 aromatic carbocycles. The first kappa shape index (κ1) is 25.3. The van der Waals surface area contributed by atoms with Crippen LogP contribution in [0.4, 0.5) is 0 Å². The molecular formula is C24H23Cl3N2O4. The highest BCUT2D eigenvalue weighted by Crippen LogP contribution is 2.29. The summed E-state index contributed by atoms with van der Waals surface area (Å²) < 4.78 is 5.79. The number of benzene rings is 2. The summed E-state index contributed by atoms with van der Waals surface area (Å²) in [6.07, 6.45) is 3.32. The lowest BCUT2D eigenvalue weighted by molar-refractivity contribution is 0.0696. The minimum Gasteiger partial charge on any atom is -0.478 e. The lowest BCUT2D eigenvalue weighted by atomic mass is 9.88. The van der Waals surface area contributed by atoms with E-state index in [-0.39, 0.29) is 34.9 Å². The molecule has 2 atom stereocenters. The highest BCUT2D eigenvalue weighted by Gasteiger charge is 2.20. The van der Waals surface area contributed by atoms with Gasteiger partial charge in [-0.2, -0.15) is 0 Å². The van der Waals surface area contributed by atoms with E-state index in [1.54, 1.807) is 12.1 Å². The van der Waals surface area contributed by atoms with Gasteiger partial charge in [0, 0.05) is 23.7 Å². The smallest absolute Gasteiger partial charge is 0.337 e. The number of rotatable bonds is 7. The van der Waals surface area contributed by atoms with Gasteiger partial charge in [0.2, 0.25) is 5.88 Å². The number of carbonyl (C=O) groups is 1. The van der Waals surface area contributed by atoms with Crippen molar-refractivity contribution in [3.63, 3.8) is 0 Å². The van der Waals surface area contributed by atoms with Crippen molar-refractivity contribution in [3.05, 3.63) is 87.0 Å². The van der Waals surface area contributed by atoms with Gasteiger partial charge < -0.3 is 20.3 Å². The van der Waals surface area contributed by atoms with Gasteiger partial charge in [0.15, 0.2) is 0 Å². The average Bonchev–Trinajstić information content (AvgIpc) is 2.78. The monoisotopic (exact) mass is 508 g/mol. The number of carboxylic acid groups (broad SMARTS) is 1. The zero-order valence-electron chi connectivity index (χ0n) is 17.5. The molecule has 3 N–H and O–H groups in total. The molecule has 0 aliphatic heterocycles. The molecule has 0 amide bonds. The first-order chi connectivity index (χ1) is 15.4. The number of nitrogens with one attached hydrogen (secondary N) is 1. The fraction of sp³-hybridized carbons (Fsp3) is 0.250. The maximum absolute atomic E-state index is 11.3. The number of carboxylic acids is 1. The third-order valence-electron chi connectivity index (χ3n) is 5.52. The number of aromatic carboxylic acids is 1. The molecule has 33 heavy (non-hydrogen) atoms. The molecule has 6 nitrogen and oxygen atoms in total. The number of hydrogen-bond acceptors (Lipinski definition) is 5. The van der Waals surface area contributed by atoms with Crippen LogP contribution in [0.2, 0.25) is 10.0 Å². The second-order valence-electron chi connectivity index (χ2n) is 7.76. The summed E-state index contributed by atoms with van der Waals surface area (Å²) in [6.45, 7) is 0.434. The Labute approximate surface area is 207 Å². The van der Waals surface area contributed by atoms with Crippen molar-refractivity contribution < 1.29 is 19.7 Å². The number of nitrogens with zero attached hydrogens (tertiary/aromatic N) is 1. The fourth-order valence-electron chi connectivity index (χ4n) is 3.84. The lowest BCUT2D eigenvalue weighted by Crippen LogP contribution is -2.37. The average molecular weight is 510 g/mol. The van der Waals surface area contributed by atoms with Gasteiger partial charge in [0.25, 0.3) is 0 Å². The van der Waals surface area contributed by atoms with E-state index in [0.717, 1.165) is 30.4 Å². The van der Waals surface area contributed by atoms with E-state index < -0.39 is 12.1 Å². The highest BCUT2D eigenvalue weighted by atomic mass is 35.5. The molecule has 3 aromatic rings. The van der Waals surface area contributed by atoms with E-state index >= 15 is 0 Å². The van der Waals surface area contributed by atoms with Gasteiger partial charge in [0.1, 0.15) is 5.75 Å². The normalized spacial score (nSPS) is 15.8. The van der Waals surface area contributed by atoms with Gasteiger partial charge >= 0.3 is 5.97 Å². The Morgan fingerprint density at radius 1 is 1.18 bits per heavy atom. The Hall–Kier alpha value is -2.35. The van der Waals surface area contributed by atoms with E-state index in [0.29, 0.717) is 17.3 Å². The lowest BCUT2D eigenvalue weighted by Gasteiger charge is -2.27. The van der Waals surface area contributed by atoms with Gasteiger partial charge in [-0.25, -0.2) is 9.78 Å². The first-order valence-electron chi connectivity index (χ1n) is 10.2. The van der Waals surface area contributed by atoms with Crippen LogP contribution >= 0.6 is 35.6 Å². The van der Waals surface area contributed by atoms with Crippen LogP contribution in [0.3, 0.4) is 0 Å². The van der Waals surface area contributed by atoms with Crippen molar-refractivity contribution in [2.75, 3.05) is 6.54 Å². The van der Waals surface area contributed by atoms with E-state index in [9.17, 15) is 15.0 Å². The molecule has 4 rings (SSSR count). The van der Waals surface area contributed by atoms with Crippen molar-refractivity contribution in [3.8, 4) is 11.6 Å². The topological polar surface area (TPSA) is 91.7 Å². The number of pyridine rings is 1. The minimum atomic E-state index is -1.14. The van der Waals surface area contributed by atoms with E-state index in [4.69, 9.17) is 27.9 Å². The number of halogens is 3. The van der Waals surface area contributed by atoms with Crippen molar-refractivity contribution in [1.82, 2.24) is 10.3 Å². The summed E-state index contributed by atoms with van der Waals surface area (Å²) in [5, 5.41) is 23.8. The molecule has 0 saturated carbocycles. The van der Waals surface area contributed by atoms with Crippen molar-refractivity contribution in [1.29, 1.82) is 0 Å². The Bertz CT molecular complexity index is 1140. The summed E-state index contributed by atoms with van der Waals surface area (Å²) in [5.41, 5.74) is 3.13. The highest BCUT2D eigenvalue weighted by molar-refractivity contribution is 6.33. The van der Waals surface area contributed by atoms with Crippen molar-refractivity contribution in [2.24, 2.45) is 0 Å². The Balaban J connectivity index is 0.00000306. The third kappa shape index (κ3) is 6.37. The largest absolute Gasteiger partial charge is 0.478 e. The standard InChI is InChI=1S/C24H22Cl2N2O4.ClH/c25-17-3-1-2-15(8-17)22(29)13-27-18-6-4-14-5-7-19(10-16(14)9-18)32-23-11-20(24(30)31)21(26)12-28-23;/h1-3,5,7-8,10-12,18,22,27,29H,4,6,9,13H2,(H,30,31);1H/t18-,22+;/m0./s1. The molecule has 1 aromatic heterocycles. The van der Waals surface area contributed by atoms with Crippen molar-refractivity contribution in [2.45, 2.75) is 31.4 Å². The quantitative estimate of drug-likeness (QED) is 0.391. The predicted octanol–water partition coefficient (Wildman–Crippen LogP) is 5.48. The number of aryl methyl sites for hydroxylation is 1. The SMILES string of the molecule is Cl.O=C(O)c1cc(Oc2ccc3c(c2)C[C@@H](NC[C@@H](O)c2cccc(Cl)c2)CC3)ncc1Cl. The van der Waals surface area contributed by atoms with E-state index in [1.165, 1.54) is 17.8 Å². The van der Waals surface area contributed by atoms with Crippen LogP contribution in [0.25, 0.3) is 0 Å². The fourth-order valence-corrected chi connectivity index (χ4v) is 4.22. The van der Waals surface area contributed by atoms with Gasteiger partial charge in [-0.15, -0.1) is 12.4 Å². The summed E-state index contributed by atoms with van der Waals surface area (Å²) in [4.78, 5) is 15.3. The van der Waals surface area contributed by atoms with Crippen LogP contribution in [0.15, 0.2) is 54.7 Å². The molecule has 0 spiro atoms. The molecule has 0 radical (unpaired) electrons. The molecule has 9 heteroatoms. The van der Waals surface area contributed by atoms with Gasteiger partial charge in [-0.1, -0.05) is 41.4 Å². The van der Waals surface area contributed by atoms with Gasteiger partial charge in [-0.3, -0.25) is 0 Å². The van der Waals surface area contributed by atoms with Crippen LogP contribution in [0, 0.1) is 0 Å². The molecule has 1 aliphatic carbocycles. The molecule has 0 fully saturated rings. The Morgan fingerprint density at radius 3 is 2.76 bits per heavy atom. The van der Waals surface area contributed by atoms with Crippen LogP contribution in [-0.2, 0) is 12.8 Å². The molecule has 1 heterocycles. The maximum atomic E-state index is 11.3. The van der Waals surface area contributed by atoms with Crippen LogP contribution < -0.4 is 10.1 Å². The molecule has 0 bridgehead atoms. The number of hydrogen-bond donors (Lipinski definition) is 3. The third-order valence-corrected chi connectivity index (χ3v) is 6.06. The zero-order chi connectivity index (χ0) is 22.7. The Morgan fingerprint density at radius 2 is 2.00 bits per heavy atom. The summed E-state index contributed by atoms with van der Waals surface area (Å²) >= 11 is 11.9.